The lowest BCUT2D eigenvalue weighted by atomic mass is 10.1. The van der Waals surface area contributed by atoms with Crippen molar-refractivity contribution in [3.63, 3.8) is 0 Å². The van der Waals surface area contributed by atoms with Gasteiger partial charge in [-0.15, -0.1) is 0 Å². The van der Waals surface area contributed by atoms with Crippen molar-refractivity contribution in [2.45, 2.75) is 168 Å². The van der Waals surface area contributed by atoms with Crippen molar-refractivity contribution in [3.05, 3.63) is 48.6 Å². The molecule has 260 valence electrons. The van der Waals surface area contributed by atoms with Crippen molar-refractivity contribution in [3.8, 4) is 0 Å². The second-order valence-corrected chi connectivity index (χ2v) is 12.8. The monoisotopic (exact) mass is 628 g/mol. The first-order chi connectivity index (χ1) is 22.0. The standard InChI is InChI=1S/C40H73N3O2/c1-5-7-9-11-13-15-17-19-21-23-25-27-29-31-33-35-39(44)41-43(38-37-42(3)4)40(45)36-34-32-30-28-26-24-22-20-18-16-14-12-10-8-6-2/h13-16,19-22H,5-12,17-18,23-38H2,1-4H3,(H,41,44)/b15-13-,16-14-,21-19-,22-20-. The van der Waals surface area contributed by atoms with Crippen LogP contribution in [0.25, 0.3) is 0 Å². The number of carbonyl (C=O) groups is 2. The first kappa shape index (κ1) is 42.9. The molecular formula is C40H73N3O2. The minimum atomic E-state index is -0.0344. The molecule has 0 radical (unpaired) electrons. The van der Waals surface area contributed by atoms with Gasteiger partial charge in [0.15, 0.2) is 0 Å². The van der Waals surface area contributed by atoms with Crippen LogP contribution in [0.15, 0.2) is 48.6 Å². The molecule has 1 N–H and O–H groups in total. The first-order valence-electron chi connectivity index (χ1n) is 18.9. The van der Waals surface area contributed by atoms with Crippen LogP contribution < -0.4 is 5.43 Å². The molecule has 0 fully saturated rings. The summed E-state index contributed by atoms with van der Waals surface area (Å²) < 4.78 is 0. The molecule has 2 amide bonds. The molecule has 0 heterocycles. The summed E-state index contributed by atoms with van der Waals surface area (Å²) >= 11 is 0. The summed E-state index contributed by atoms with van der Waals surface area (Å²) in [5.74, 6) is 0.00347. The quantitative estimate of drug-likeness (QED) is 0.0472. The average Bonchev–Trinajstić information content (AvgIpc) is 3.02. The van der Waals surface area contributed by atoms with E-state index in [1.807, 2.05) is 19.0 Å². The van der Waals surface area contributed by atoms with Gasteiger partial charge in [0, 0.05) is 19.4 Å². The highest BCUT2D eigenvalue weighted by atomic mass is 16.2. The van der Waals surface area contributed by atoms with Gasteiger partial charge < -0.3 is 4.90 Å². The van der Waals surface area contributed by atoms with Crippen molar-refractivity contribution in [2.24, 2.45) is 0 Å². The molecule has 0 aromatic heterocycles. The molecule has 0 aromatic rings. The van der Waals surface area contributed by atoms with Crippen molar-refractivity contribution >= 4 is 11.8 Å². The summed E-state index contributed by atoms with van der Waals surface area (Å²) in [4.78, 5) is 27.6. The van der Waals surface area contributed by atoms with Crippen LogP contribution in [0.2, 0.25) is 0 Å². The van der Waals surface area contributed by atoms with Crippen LogP contribution in [0, 0.1) is 0 Å². The second kappa shape index (κ2) is 34.7. The molecule has 0 aliphatic rings. The topological polar surface area (TPSA) is 52.7 Å². The normalized spacial score (nSPS) is 12.1. The summed E-state index contributed by atoms with van der Waals surface area (Å²) in [5.41, 5.74) is 2.92. The third kappa shape index (κ3) is 33.0. The molecular weight excluding hydrogens is 554 g/mol. The number of likely N-dealkylation sites (N-methyl/N-ethyl adjacent to an activating group) is 1. The number of allylic oxidation sites excluding steroid dienone is 8. The zero-order valence-electron chi connectivity index (χ0n) is 30.2. The Balaban J connectivity index is 3.98. The maximum Gasteiger partial charge on any atom is 0.241 e. The van der Waals surface area contributed by atoms with E-state index >= 15 is 0 Å². The molecule has 0 bridgehead atoms. The van der Waals surface area contributed by atoms with E-state index < -0.39 is 0 Å². The Kier molecular flexibility index (Phi) is 33.1. The number of unbranched alkanes of at least 4 members (excludes halogenated alkanes) is 16. The SMILES string of the molecule is CCCCC/C=C\C/C=C\CCCCCCCC(=O)NN(CCN(C)C)C(=O)CCCCCCC/C=C\C/C=C\CCCCC. The van der Waals surface area contributed by atoms with E-state index in [9.17, 15) is 9.59 Å². The van der Waals surface area contributed by atoms with Crippen LogP contribution >= 0.6 is 0 Å². The van der Waals surface area contributed by atoms with Crippen LogP contribution in [0.5, 0.6) is 0 Å². The van der Waals surface area contributed by atoms with Gasteiger partial charge in [-0.1, -0.05) is 127 Å². The number of amides is 2. The summed E-state index contributed by atoms with van der Waals surface area (Å²) in [7, 11) is 3.99. The highest BCUT2D eigenvalue weighted by molar-refractivity contribution is 5.82. The smallest absolute Gasteiger partial charge is 0.241 e. The zero-order chi connectivity index (χ0) is 33.1. The van der Waals surface area contributed by atoms with Gasteiger partial charge in [0.25, 0.3) is 0 Å². The second-order valence-electron chi connectivity index (χ2n) is 12.8. The molecule has 0 aromatic carbocycles. The molecule has 0 spiro atoms. The van der Waals surface area contributed by atoms with Crippen LogP contribution in [-0.4, -0.2) is 48.9 Å². The number of carbonyl (C=O) groups excluding carboxylic acids is 2. The fourth-order valence-electron chi connectivity index (χ4n) is 5.07. The molecule has 45 heavy (non-hydrogen) atoms. The van der Waals surface area contributed by atoms with Gasteiger partial charge in [-0.3, -0.25) is 20.0 Å². The molecule has 0 rings (SSSR count). The Hall–Kier alpha value is -2.14. The van der Waals surface area contributed by atoms with Crippen molar-refractivity contribution in [1.82, 2.24) is 15.3 Å². The van der Waals surface area contributed by atoms with E-state index in [-0.39, 0.29) is 11.8 Å². The van der Waals surface area contributed by atoms with E-state index in [4.69, 9.17) is 0 Å². The molecule has 0 aliphatic heterocycles. The predicted molar refractivity (Wildman–Crippen MR) is 197 cm³/mol. The first-order valence-corrected chi connectivity index (χ1v) is 18.9. The van der Waals surface area contributed by atoms with Crippen molar-refractivity contribution in [1.29, 1.82) is 0 Å². The van der Waals surface area contributed by atoms with Crippen LogP contribution in [-0.2, 0) is 9.59 Å². The summed E-state index contributed by atoms with van der Waals surface area (Å²) in [6, 6.07) is 0. The lowest BCUT2D eigenvalue weighted by Crippen LogP contribution is -2.48. The van der Waals surface area contributed by atoms with Gasteiger partial charge in [-0.2, -0.15) is 0 Å². The van der Waals surface area contributed by atoms with Gasteiger partial charge in [-0.25, -0.2) is 0 Å². The number of nitrogens with zero attached hydrogens (tertiary/aromatic N) is 2. The molecule has 0 atom stereocenters. The molecule has 5 heteroatoms. The summed E-state index contributed by atoms with van der Waals surface area (Å²) in [5, 5.41) is 1.57. The van der Waals surface area contributed by atoms with E-state index in [0.29, 0.717) is 19.4 Å². The third-order valence-electron chi connectivity index (χ3n) is 8.03. The van der Waals surface area contributed by atoms with Crippen LogP contribution in [0.4, 0.5) is 0 Å². The van der Waals surface area contributed by atoms with E-state index in [1.165, 1.54) is 77.0 Å². The zero-order valence-corrected chi connectivity index (χ0v) is 30.2. The Labute approximate surface area is 280 Å². The number of hydrogen-bond donors (Lipinski definition) is 1. The number of hydrogen-bond acceptors (Lipinski definition) is 3. The van der Waals surface area contributed by atoms with Gasteiger partial charge in [0.2, 0.25) is 11.8 Å². The summed E-state index contributed by atoms with van der Waals surface area (Å²) in [6.45, 7) is 5.75. The van der Waals surface area contributed by atoms with Crippen molar-refractivity contribution < 1.29 is 9.59 Å². The van der Waals surface area contributed by atoms with Gasteiger partial charge >= 0.3 is 0 Å². The third-order valence-corrected chi connectivity index (χ3v) is 8.03. The highest BCUT2D eigenvalue weighted by Gasteiger charge is 2.16. The van der Waals surface area contributed by atoms with Crippen molar-refractivity contribution in [2.75, 3.05) is 27.2 Å². The lowest BCUT2D eigenvalue weighted by molar-refractivity contribution is -0.141. The van der Waals surface area contributed by atoms with Crippen LogP contribution in [0.3, 0.4) is 0 Å². The van der Waals surface area contributed by atoms with Gasteiger partial charge in [0.05, 0.1) is 6.54 Å². The molecule has 0 saturated heterocycles. The maximum absolute atomic E-state index is 12.9. The minimum Gasteiger partial charge on any atom is -0.308 e. The minimum absolute atomic E-state index is 0.0344. The molecule has 5 nitrogen and oxygen atoms in total. The fraction of sp³-hybridized carbons (Fsp3) is 0.750. The average molecular weight is 628 g/mol. The number of nitrogens with one attached hydrogen (secondary N) is 1. The largest absolute Gasteiger partial charge is 0.308 e. The Bertz CT molecular complexity index is 784. The Morgan fingerprint density at radius 1 is 0.489 bits per heavy atom. The fourth-order valence-corrected chi connectivity index (χ4v) is 5.07. The molecule has 0 aliphatic carbocycles. The highest BCUT2D eigenvalue weighted by Crippen LogP contribution is 2.11. The van der Waals surface area contributed by atoms with Gasteiger partial charge in [0.1, 0.15) is 0 Å². The predicted octanol–water partition coefficient (Wildman–Crippen LogP) is 11.0. The number of rotatable bonds is 31. The Morgan fingerprint density at radius 3 is 1.33 bits per heavy atom. The van der Waals surface area contributed by atoms with Crippen LogP contribution in [0.1, 0.15) is 168 Å². The van der Waals surface area contributed by atoms with E-state index in [1.54, 1.807) is 5.01 Å². The number of hydrazine groups is 1. The molecule has 0 saturated carbocycles. The lowest BCUT2D eigenvalue weighted by Gasteiger charge is -2.25. The maximum atomic E-state index is 12.9. The van der Waals surface area contributed by atoms with Gasteiger partial charge in [-0.05, 0) is 91.1 Å². The summed E-state index contributed by atoms with van der Waals surface area (Å²) in [6.07, 6.45) is 45.0. The molecule has 0 unspecified atom stereocenters. The Morgan fingerprint density at radius 2 is 0.889 bits per heavy atom. The van der Waals surface area contributed by atoms with E-state index in [0.717, 1.165) is 70.8 Å². The van der Waals surface area contributed by atoms with E-state index in [2.05, 4.69) is 67.9 Å².